The van der Waals surface area contributed by atoms with Gasteiger partial charge in [-0.1, -0.05) is 75.4 Å². The normalized spacial score (nSPS) is 11.4. The zero-order valence-electron chi connectivity index (χ0n) is 33.7. The number of nitrogens with one attached hydrogen (secondary N) is 6. The molecule has 57 heavy (non-hydrogen) atoms. The second-order valence-electron chi connectivity index (χ2n) is 13.4. The van der Waals surface area contributed by atoms with Crippen molar-refractivity contribution in [2.75, 3.05) is 85.6 Å². The minimum atomic E-state index is -0.979. The number of benzene rings is 2. The number of aryl methyl sites for hydroxylation is 1. The average molecular weight is 799 g/mol. The van der Waals surface area contributed by atoms with Gasteiger partial charge in [0, 0.05) is 32.4 Å². The number of carbonyl (C=O) groups excluding carboxylic acids is 6. The van der Waals surface area contributed by atoms with Crippen LogP contribution in [0.4, 0.5) is 0 Å². The first kappa shape index (κ1) is 48.2. The maximum atomic E-state index is 12.8. The Kier molecular flexibility index (Phi) is 25.6. The van der Waals surface area contributed by atoms with E-state index < -0.39 is 36.2 Å². The highest BCUT2D eigenvalue weighted by Gasteiger charge is 2.22. The Hall–Kier alpha value is -4.90. The molecule has 16 heteroatoms. The van der Waals surface area contributed by atoms with E-state index in [-0.39, 0.29) is 51.0 Å². The first-order valence-electron chi connectivity index (χ1n) is 19.6. The molecule has 0 radical (unpaired) electrons. The van der Waals surface area contributed by atoms with Crippen molar-refractivity contribution in [3.8, 4) is 0 Å². The first-order valence-corrected chi connectivity index (χ1v) is 19.6. The van der Waals surface area contributed by atoms with Gasteiger partial charge >= 0.3 is 0 Å². The quantitative estimate of drug-likeness (QED) is 0.0594. The summed E-state index contributed by atoms with van der Waals surface area (Å²) < 4.78 is 21.8. The number of carbonyl (C=O) groups is 6. The van der Waals surface area contributed by atoms with E-state index in [1.807, 2.05) is 25.1 Å². The molecule has 6 amide bonds. The first-order chi connectivity index (χ1) is 27.6. The summed E-state index contributed by atoms with van der Waals surface area (Å²) in [7, 11) is 0. The van der Waals surface area contributed by atoms with Gasteiger partial charge in [0.1, 0.15) is 6.04 Å². The summed E-state index contributed by atoms with van der Waals surface area (Å²) in [6.07, 6.45) is 2.10. The number of ether oxygens (including phenoxy) is 4. The number of amides is 6. The molecule has 1 unspecified atom stereocenters. The lowest BCUT2D eigenvalue weighted by Gasteiger charge is -2.19. The summed E-state index contributed by atoms with van der Waals surface area (Å²) in [5, 5.41) is 15.5. The molecule has 6 N–H and O–H groups in total. The van der Waals surface area contributed by atoms with E-state index in [0.717, 1.165) is 17.5 Å². The fourth-order valence-electron chi connectivity index (χ4n) is 5.04. The molecule has 16 nitrogen and oxygen atoms in total. The topological polar surface area (TPSA) is 212 Å². The molecular formula is C41H62N6O10. The third-order valence-corrected chi connectivity index (χ3v) is 8.27. The maximum absolute atomic E-state index is 12.8. The van der Waals surface area contributed by atoms with Gasteiger partial charge in [-0.25, -0.2) is 0 Å². The predicted molar refractivity (Wildman–Crippen MR) is 214 cm³/mol. The van der Waals surface area contributed by atoms with Crippen molar-refractivity contribution in [3.05, 3.63) is 71.3 Å². The van der Waals surface area contributed by atoms with Crippen LogP contribution in [0.1, 0.15) is 62.6 Å². The van der Waals surface area contributed by atoms with Crippen molar-refractivity contribution < 1.29 is 47.7 Å². The molecule has 0 saturated carbocycles. The summed E-state index contributed by atoms with van der Waals surface area (Å²) >= 11 is 0. The van der Waals surface area contributed by atoms with Gasteiger partial charge in [-0.3, -0.25) is 28.8 Å². The Morgan fingerprint density at radius 2 is 1.05 bits per heavy atom. The van der Waals surface area contributed by atoms with Crippen molar-refractivity contribution in [1.29, 1.82) is 0 Å². The smallest absolute Gasteiger partial charge is 0.243 e. The fourth-order valence-corrected chi connectivity index (χ4v) is 5.04. The molecule has 0 aliphatic heterocycles. The van der Waals surface area contributed by atoms with Crippen LogP contribution in [0.5, 0.6) is 0 Å². The lowest BCUT2D eigenvalue weighted by molar-refractivity contribution is -0.131. The second-order valence-corrected chi connectivity index (χ2v) is 13.4. The molecule has 0 bridgehead atoms. The Morgan fingerprint density at radius 3 is 1.68 bits per heavy atom. The lowest BCUT2D eigenvalue weighted by Crippen LogP contribution is -2.52. The van der Waals surface area contributed by atoms with Crippen LogP contribution in [0.15, 0.2) is 54.6 Å². The molecule has 316 valence electrons. The molecule has 0 aromatic heterocycles. The van der Waals surface area contributed by atoms with E-state index in [2.05, 4.69) is 70.0 Å². The third kappa shape index (κ3) is 24.4. The van der Waals surface area contributed by atoms with Crippen molar-refractivity contribution in [1.82, 2.24) is 31.9 Å². The third-order valence-electron chi connectivity index (χ3n) is 8.27. The highest BCUT2D eigenvalue weighted by Crippen LogP contribution is 2.15. The Morgan fingerprint density at radius 1 is 0.526 bits per heavy atom. The zero-order chi connectivity index (χ0) is 41.5. The van der Waals surface area contributed by atoms with Gasteiger partial charge in [0.15, 0.2) is 0 Å². The summed E-state index contributed by atoms with van der Waals surface area (Å²) in [5.74, 6) is -2.00. The van der Waals surface area contributed by atoms with Crippen LogP contribution in [-0.2, 0) is 60.6 Å². The molecule has 0 heterocycles. The molecule has 0 aliphatic rings. The van der Waals surface area contributed by atoms with E-state index in [0.29, 0.717) is 71.5 Å². The van der Waals surface area contributed by atoms with E-state index >= 15 is 0 Å². The highest BCUT2D eigenvalue weighted by atomic mass is 16.6. The molecule has 0 aliphatic carbocycles. The summed E-state index contributed by atoms with van der Waals surface area (Å²) in [6.45, 7) is 8.83. The minimum absolute atomic E-state index is 0.00450. The average Bonchev–Trinajstić information content (AvgIpc) is 3.21. The number of hydrogen-bond donors (Lipinski definition) is 6. The molecule has 0 spiro atoms. The van der Waals surface area contributed by atoms with Gasteiger partial charge in [-0.2, -0.15) is 0 Å². The molecule has 2 rings (SSSR count). The predicted octanol–water partition coefficient (Wildman–Crippen LogP) is 0.918. The van der Waals surface area contributed by atoms with E-state index in [9.17, 15) is 28.8 Å². The second kappa shape index (κ2) is 30.3. The van der Waals surface area contributed by atoms with Crippen LogP contribution in [0, 0.1) is 0 Å². The molecule has 1 atom stereocenters. The molecule has 2 aromatic rings. The molecular weight excluding hydrogens is 736 g/mol. The zero-order valence-corrected chi connectivity index (χ0v) is 33.7. The van der Waals surface area contributed by atoms with Crippen molar-refractivity contribution in [2.24, 2.45) is 0 Å². The molecule has 0 fully saturated rings. The van der Waals surface area contributed by atoms with E-state index in [1.165, 1.54) is 5.56 Å². The summed E-state index contributed by atoms with van der Waals surface area (Å²) in [5.41, 5.74) is 3.23. The van der Waals surface area contributed by atoms with Gasteiger partial charge in [-0.15, -0.1) is 0 Å². The minimum Gasteiger partial charge on any atom is -0.379 e. The van der Waals surface area contributed by atoms with Crippen molar-refractivity contribution in [3.63, 3.8) is 0 Å². The van der Waals surface area contributed by atoms with Gasteiger partial charge in [0.2, 0.25) is 35.4 Å². The Labute approximate surface area is 336 Å². The van der Waals surface area contributed by atoms with Crippen LogP contribution in [0.2, 0.25) is 0 Å². The Bertz CT molecular complexity index is 1480. The van der Waals surface area contributed by atoms with E-state index in [4.69, 9.17) is 18.9 Å². The van der Waals surface area contributed by atoms with Gasteiger partial charge in [0.05, 0.1) is 72.5 Å². The standard InChI is InChI=1S/C41H62N6O10/c1-4-17-42-38(50)29-46-41(53)35(27-33-8-6-5-7-9-33)47-40(52)30-45-39(51)28-44-37(49)16-19-54-21-23-56-25-26-57-24-22-55-20-18-43-36(48)15-12-32-10-13-34(14-11-32)31(2)3/h5-11,13-14,31,35H,4,12,15-30H2,1-3H3,(H,42,50)(H,43,48)(H,44,49)(H,45,51)(H,46,53)(H,47,52). The van der Waals surface area contributed by atoms with Crippen LogP contribution < -0.4 is 31.9 Å². The van der Waals surface area contributed by atoms with Crippen molar-refractivity contribution in [2.45, 2.75) is 64.8 Å². The Balaban J connectivity index is 1.43. The molecule has 2 aromatic carbocycles. The van der Waals surface area contributed by atoms with Crippen molar-refractivity contribution >= 4 is 35.4 Å². The van der Waals surface area contributed by atoms with Gasteiger partial charge in [0.25, 0.3) is 0 Å². The number of hydrogen-bond acceptors (Lipinski definition) is 10. The maximum Gasteiger partial charge on any atom is 0.243 e. The van der Waals surface area contributed by atoms with Crippen LogP contribution in [0.25, 0.3) is 0 Å². The van der Waals surface area contributed by atoms with Gasteiger partial charge in [-0.05, 0) is 35.4 Å². The highest BCUT2D eigenvalue weighted by molar-refractivity contribution is 5.92. The van der Waals surface area contributed by atoms with Crippen LogP contribution in [-0.4, -0.2) is 127 Å². The number of rotatable bonds is 31. The van der Waals surface area contributed by atoms with Gasteiger partial charge < -0.3 is 50.8 Å². The largest absolute Gasteiger partial charge is 0.379 e. The monoisotopic (exact) mass is 798 g/mol. The van der Waals surface area contributed by atoms with Crippen LogP contribution in [0.3, 0.4) is 0 Å². The fraction of sp³-hybridized carbons (Fsp3) is 0.561. The SMILES string of the molecule is CCCNC(=O)CNC(=O)C(Cc1ccccc1)NC(=O)CNC(=O)CNC(=O)CCOCCOCCOCCOCCNC(=O)CCc1ccc(C(C)C)cc1. The van der Waals surface area contributed by atoms with Crippen LogP contribution >= 0.6 is 0 Å². The van der Waals surface area contributed by atoms with E-state index in [1.54, 1.807) is 12.1 Å². The molecule has 0 saturated heterocycles. The lowest BCUT2D eigenvalue weighted by atomic mass is 10.0. The summed E-state index contributed by atoms with van der Waals surface area (Å²) in [4.78, 5) is 73.7. The summed E-state index contributed by atoms with van der Waals surface area (Å²) in [6, 6.07) is 16.5.